The minimum atomic E-state index is -1.18. The fourth-order valence-electron chi connectivity index (χ4n) is 1.42. The molecule has 0 aliphatic carbocycles. The number of aromatic nitrogens is 1. The summed E-state index contributed by atoms with van der Waals surface area (Å²) >= 11 is 1.46. The highest BCUT2D eigenvalue weighted by Crippen LogP contribution is 2.18. The van der Waals surface area contributed by atoms with E-state index in [9.17, 15) is 9.59 Å². The molecule has 1 aromatic heterocycles. The van der Waals surface area contributed by atoms with Crippen LogP contribution in [0.3, 0.4) is 0 Å². The number of carbonyl (C=O) groups is 2. The van der Waals surface area contributed by atoms with Gasteiger partial charge in [0, 0.05) is 24.1 Å². The van der Waals surface area contributed by atoms with E-state index in [0.29, 0.717) is 0 Å². The second-order valence-electron chi connectivity index (χ2n) is 4.05. The molecule has 0 saturated heterocycles. The minimum Gasteiger partial charge on any atom is -0.480 e. The van der Waals surface area contributed by atoms with Crippen molar-refractivity contribution >= 4 is 23.3 Å². The van der Waals surface area contributed by atoms with Gasteiger partial charge in [0.1, 0.15) is 11.0 Å². The molecule has 4 N–H and O–H groups in total. The summed E-state index contributed by atoms with van der Waals surface area (Å²) in [4.78, 5) is 27.6. The van der Waals surface area contributed by atoms with Crippen molar-refractivity contribution in [3.63, 3.8) is 0 Å². The Bertz CT molecular complexity index is 449. The Kier molecular flexibility index (Phi) is 5.71. The minimum absolute atomic E-state index is 0.0342. The zero-order valence-corrected chi connectivity index (χ0v) is 11.5. The first kappa shape index (κ1) is 15.4. The van der Waals surface area contributed by atoms with Crippen LogP contribution in [0.2, 0.25) is 0 Å². The quantitative estimate of drug-likeness (QED) is 0.613. The van der Waals surface area contributed by atoms with Crippen LogP contribution in [0, 0.1) is 6.92 Å². The summed E-state index contributed by atoms with van der Waals surface area (Å²) in [7, 11) is 0. The molecule has 2 unspecified atom stereocenters. The van der Waals surface area contributed by atoms with Gasteiger partial charge in [0.15, 0.2) is 0 Å². The van der Waals surface area contributed by atoms with E-state index in [4.69, 9.17) is 10.2 Å². The van der Waals surface area contributed by atoms with Gasteiger partial charge in [-0.3, -0.25) is 0 Å². The maximum Gasteiger partial charge on any atom is 0.326 e. The van der Waals surface area contributed by atoms with Crippen LogP contribution in [-0.4, -0.2) is 39.8 Å². The first-order chi connectivity index (χ1) is 8.93. The van der Waals surface area contributed by atoms with Crippen LogP contribution in [0.4, 0.5) is 4.79 Å². The number of aliphatic hydroxyl groups is 1. The maximum atomic E-state index is 11.6. The molecule has 2 atom stereocenters. The average molecular weight is 287 g/mol. The predicted molar refractivity (Wildman–Crippen MR) is 70.1 cm³/mol. The standard InChI is InChI=1S/C11H17N3O4S/c1-6-5-12-9(19-6)7(2)13-11(18)14-8(3-4-15)10(16)17/h5,7-8,15H,3-4H2,1-2H3,(H,16,17)(H2,13,14,18). The SMILES string of the molecule is Cc1cnc(C(C)NC(=O)NC(CCO)C(=O)O)s1. The molecule has 2 amide bonds. The third kappa shape index (κ3) is 4.84. The topological polar surface area (TPSA) is 112 Å². The van der Waals surface area contributed by atoms with E-state index >= 15 is 0 Å². The Balaban J connectivity index is 2.52. The van der Waals surface area contributed by atoms with Crippen LogP contribution < -0.4 is 10.6 Å². The molecule has 0 saturated carbocycles. The van der Waals surface area contributed by atoms with Crippen LogP contribution in [0.5, 0.6) is 0 Å². The van der Waals surface area contributed by atoms with Gasteiger partial charge in [-0.1, -0.05) is 0 Å². The number of rotatable bonds is 6. The van der Waals surface area contributed by atoms with E-state index in [2.05, 4.69) is 15.6 Å². The number of aryl methyl sites for hydroxylation is 1. The Morgan fingerprint density at radius 2 is 2.16 bits per heavy atom. The lowest BCUT2D eigenvalue weighted by Crippen LogP contribution is -2.47. The van der Waals surface area contributed by atoms with Crippen molar-refractivity contribution in [3.05, 3.63) is 16.1 Å². The van der Waals surface area contributed by atoms with Gasteiger partial charge in [-0.25, -0.2) is 14.6 Å². The van der Waals surface area contributed by atoms with Crippen molar-refractivity contribution in [2.24, 2.45) is 0 Å². The van der Waals surface area contributed by atoms with Crippen molar-refractivity contribution < 1.29 is 19.8 Å². The largest absolute Gasteiger partial charge is 0.480 e. The third-order valence-electron chi connectivity index (χ3n) is 2.38. The van der Waals surface area contributed by atoms with Crippen LogP contribution in [0.15, 0.2) is 6.20 Å². The first-order valence-electron chi connectivity index (χ1n) is 5.77. The summed E-state index contributed by atoms with van der Waals surface area (Å²) in [6.07, 6.45) is 1.68. The number of carboxylic acid groups (broad SMARTS) is 1. The summed E-state index contributed by atoms with van der Waals surface area (Å²) in [6.45, 7) is 3.37. The number of nitrogens with one attached hydrogen (secondary N) is 2. The number of hydrogen-bond donors (Lipinski definition) is 4. The van der Waals surface area contributed by atoms with Crippen LogP contribution in [0.1, 0.15) is 29.3 Å². The van der Waals surface area contributed by atoms with Gasteiger partial charge < -0.3 is 20.8 Å². The fourth-order valence-corrected chi connectivity index (χ4v) is 2.19. The second kappa shape index (κ2) is 7.05. The summed E-state index contributed by atoms with van der Waals surface area (Å²) in [5.41, 5.74) is 0. The van der Waals surface area contributed by atoms with Gasteiger partial charge in [-0.15, -0.1) is 11.3 Å². The lowest BCUT2D eigenvalue weighted by Gasteiger charge is -2.16. The van der Waals surface area contributed by atoms with E-state index in [1.54, 1.807) is 13.1 Å². The molecular formula is C11H17N3O4S. The number of carbonyl (C=O) groups excluding carboxylic acids is 1. The summed E-state index contributed by atoms with van der Waals surface area (Å²) in [6, 6.07) is -2.00. The summed E-state index contributed by atoms with van der Waals surface area (Å²) < 4.78 is 0. The fraction of sp³-hybridized carbons (Fsp3) is 0.545. The van der Waals surface area contributed by atoms with E-state index < -0.39 is 18.0 Å². The zero-order valence-electron chi connectivity index (χ0n) is 10.7. The van der Waals surface area contributed by atoms with Gasteiger partial charge >= 0.3 is 12.0 Å². The first-order valence-corrected chi connectivity index (χ1v) is 6.58. The Morgan fingerprint density at radius 1 is 1.47 bits per heavy atom. The molecule has 0 radical (unpaired) electrons. The molecule has 0 spiro atoms. The number of aliphatic carboxylic acids is 1. The number of aliphatic hydroxyl groups excluding tert-OH is 1. The molecule has 106 valence electrons. The molecule has 7 nitrogen and oxygen atoms in total. The van der Waals surface area contributed by atoms with Gasteiger partial charge in [-0.2, -0.15) is 0 Å². The van der Waals surface area contributed by atoms with Gasteiger partial charge in [0.05, 0.1) is 6.04 Å². The molecule has 0 bridgehead atoms. The molecule has 1 aromatic rings. The molecule has 0 aromatic carbocycles. The number of nitrogens with zero attached hydrogens (tertiary/aromatic N) is 1. The van der Waals surface area contributed by atoms with Crippen LogP contribution >= 0.6 is 11.3 Å². The van der Waals surface area contributed by atoms with Crippen molar-refractivity contribution in [1.82, 2.24) is 15.6 Å². The highest BCUT2D eigenvalue weighted by molar-refractivity contribution is 7.11. The monoisotopic (exact) mass is 287 g/mol. The maximum absolute atomic E-state index is 11.6. The molecule has 19 heavy (non-hydrogen) atoms. The van der Waals surface area contributed by atoms with Crippen molar-refractivity contribution in [2.45, 2.75) is 32.4 Å². The average Bonchev–Trinajstić information content (AvgIpc) is 2.75. The smallest absolute Gasteiger partial charge is 0.326 e. The number of urea groups is 1. The van der Waals surface area contributed by atoms with Crippen LogP contribution in [-0.2, 0) is 4.79 Å². The normalized spacial score (nSPS) is 13.6. The third-order valence-corrected chi connectivity index (χ3v) is 3.47. The Labute approximate surface area is 114 Å². The van der Waals surface area contributed by atoms with Gasteiger partial charge in [0.25, 0.3) is 0 Å². The van der Waals surface area contributed by atoms with Gasteiger partial charge in [0.2, 0.25) is 0 Å². The Morgan fingerprint density at radius 3 is 2.63 bits per heavy atom. The number of thiazole rings is 1. The van der Waals surface area contributed by atoms with Crippen LogP contribution in [0.25, 0.3) is 0 Å². The Hall–Kier alpha value is -1.67. The molecular weight excluding hydrogens is 270 g/mol. The van der Waals surface area contributed by atoms with Crippen molar-refractivity contribution in [2.75, 3.05) is 6.61 Å². The summed E-state index contributed by atoms with van der Waals surface area (Å²) in [5.74, 6) is -1.18. The van der Waals surface area contributed by atoms with E-state index in [1.165, 1.54) is 11.3 Å². The van der Waals surface area contributed by atoms with E-state index in [1.807, 2.05) is 6.92 Å². The molecule has 0 aliphatic heterocycles. The van der Waals surface area contributed by atoms with Crippen molar-refractivity contribution in [1.29, 1.82) is 0 Å². The molecule has 1 heterocycles. The lowest BCUT2D eigenvalue weighted by atomic mass is 10.2. The number of amides is 2. The molecule has 8 heteroatoms. The summed E-state index contributed by atoms with van der Waals surface area (Å²) in [5, 5.41) is 23.2. The van der Waals surface area contributed by atoms with E-state index in [-0.39, 0.29) is 19.1 Å². The predicted octanol–water partition coefficient (Wildman–Crippen LogP) is 0.647. The molecule has 1 rings (SSSR count). The molecule has 0 fully saturated rings. The zero-order chi connectivity index (χ0) is 14.4. The van der Waals surface area contributed by atoms with Crippen molar-refractivity contribution in [3.8, 4) is 0 Å². The number of carboxylic acids is 1. The second-order valence-corrected chi connectivity index (χ2v) is 5.32. The highest BCUT2D eigenvalue weighted by atomic mass is 32.1. The highest BCUT2D eigenvalue weighted by Gasteiger charge is 2.20. The molecule has 0 aliphatic rings. The lowest BCUT2D eigenvalue weighted by molar-refractivity contribution is -0.139. The van der Waals surface area contributed by atoms with Gasteiger partial charge in [-0.05, 0) is 13.8 Å². The number of hydrogen-bond acceptors (Lipinski definition) is 5. The van der Waals surface area contributed by atoms with E-state index in [0.717, 1.165) is 9.88 Å².